The zero-order valence-corrected chi connectivity index (χ0v) is 19.7. The van der Waals surface area contributed by atoms with Crippen molar-refractivity contribution >= 4 is 5.97 Å². The van der Waals surface area contributed by atoms with Crippen LogP contribution in [0.5, 0.6) is 17.2 Å². The zero-order chi connectivity index (χ0) is 23.5. The Kier molecular flexibility index (Phi) is 10.0. The van der Waals surface area contributed by atoms with Crippen molar-refractivity contribution in [2.45, 2.75) is 70.7 Å². The molecule has 1 fully saturated rings. The van der Waals surface area contributed by atoms with Gasteiger partial charge in [0.1, 0.15) is 17.2 Å². The van der Waals surface area contributed by atoms with Crippen molar-refractivity contribution in [2.75, 3.05) is 13.7 Å². The van der Waals surface area contributed by atoms with Crippen LogP contribution in [0.3, 0.4) is 0 Å². The van der Waals surface area contributed by atoms with Crippen LogP contribution in [0.25, 0.3) is 0 Å². The van der Waals surface area contributed by atoms with Gasteiger partial charge in [0.05, 0.1) is 19.1 Å². The number of hydrogen-bond acceptors (Lipinski definition) is 6. The summed E-state index contributed by atoms with van der Waals surface area (Å²) in [5, 5.41) is 10.3. The number of rotatable bonds is 12. The minimum atomic E-state index is -1.10. The molecule has 6 nitrogen and oxygen atoms in total. The van der Waals surface area contributed by atoms with Gasteiger partial charge in [0.15, 0.2) is 0 Å². The van der Waals surface area contributed by atoms with E-state index in [4.69, 9.17) is 18.9 Å². The van der Waals surface area contributed by atoms with Crippen LogP contribution in [0.15, 0.2) is 48.5 Å². The van der Waals surface area contributed by atoms with Gasteiger partial charge in [-0.25, -0.2) is 0 Å². The van der Waals surface area contributed by atoms with E-state index in [0.29, 0.717) is 22.8 Å². The lowest BCUT2D eigenvalue weighted by atomic mass is 9.87. The lowest BCUT2D eigenvalue weighted by Crippen LogP contribution is -2.29. The largest absolute Gasteiger partial charge is 0.497 e. The highest BCUT2D eigenvalue weighted by molar-refractivity contribution is 5.75. The third-order valence-electron chi connectivity index (χ3n) is 6.05. The van der Waals surface area contributed by atoms with E-state index in [-0.39, 0.29) is 18.0 Å². The molecule has 0 aliphatic heterocycles. The van der Waals surface area contributed by atoms with Crippen molar-refractivity contribution in [1.82, 2.24) is 0 Å². The van der Waals surface area contributed by atoms with Gasteiger partial charge < -0.3 is 24.1 Å². The second kappa shape index (κ2) is 13.2. The van der Waals surface area contributed by atoms with Crippen LogP contribution < -0.4 is 14.2 Å². The van der Waals surface area contributed by atoms with Crippen molar-refractivity contribution in [1.29, 1.82) is 0 Å². The predicted molar refractivity (Wildman–Crippen MR) is 126 cm³/mol. The monoisotopic (exact) mass is 456 g/mol. The fourth-order valence-electron chi connectivity index (χ4n) is 4.00. The maximum atomic E-state index is 12.6. The molecule has 1 atom stereocenters. The Morgan fingerprint density at radius 2 is 1.55 bits per heavy atom. The summed E-state index contributed by atoms with van der Waals surface area (Å²) < 4.78 is 22.2. The highest BCUT2D eigenvalue weighted by Gasteiger charge is 2.28. The number of carbonyl (C=O) groups excluding carboxylic acids is 1. The van der Waals surface area contributed by atoms with Gasteiger partial charge in [0, 0.05) is 12.2 Å². The average molecular weight is 457 g/mol. The molecular formula is C27H36O6. The minimum Gasteiger partial charge on any atom is -0.497 e. The van der Waals surface area contributed by atoms with Crippen LogP contribution >= 0.6 is 0 Å². The fraction of sp³-hybridized carbons (Fsp3) is 0.519. The smallest absolute Gasteiger partial charge is 0.314 e. The van der Waals surface area contributed by atoms with E-state index in [1.54, 1.807) is 55.6 Å². The third-order valence-corrected chi connectivity index (χ3v) is 6.05. The normalized spacial score (nSPS) is 19.0. The van der Waals surface area contributed by atoms with Crippen LogP contribution in [0, 0.1) is 5.92 Å². The molecule has 0 bridgehead atoms. The summed E-state index contributed by atoms with van der Waals surface area (Å²) in [5.41, 5.74) is 0.617. The lowest BCUT2D eigenvalue weighted by molar-refractivity contribution is -0.141. The van der Waals surface area contributed by atoms with Gasteiger partial charge >= 0.3 is 5.97 Å². The number of aliphatic hydroxyl groups excluding tert-OH is 1. The van der Waals surface area contributed by atoms with Crippen molar-refractivity contribution in [2.24, 2.45) is 5.92 Å². The number of hydrogen-bond donors (Lipinski definition) is 1. The molecule has 0 aromatic heterocycles. The number of aliphatic hydroxyl groups is 1. The molecule has 1 N–H and O–H groups in total. The molecule has 0 heterocycles. The number of esters is 1. The van der Waals surface area contributed by atoms with Crippen LogP contribution in [0.2, 0.25) is 0 Å². The number of unbranched alkanes of at least 4 members (excludes halogenated alkanes) is 3. The molecule has 0 amide bonds. The van der Waals surface area contributed by atoms with E-state index in [9.17, 15) is 9.90 Å². The van der Waals surface area contributed by atoms with E-state index in [0.717, 1.165) is 38.7 Å². The Bertz CT molecular complexity index is 825. The zero-order valence-electron chi connectivity index (χ0n) is 19.7. The van der Waals surface area contributed by atoms with Crippen LogP contribution in [0.1, 0.15) is 70.1 Å². The molecule has 2 aromatic rings. The first kappa shape index (κ1) is 25.1. The molecule has 1 aliphatic rings. The highest BCUT2D eigenvalue weighted by atomic mass is 16.6. The standard InChI is InChI=1S/C27H36O6/c1-3-4-5-6-19-31-23-13-9-21(10-14-23)27(29)33-25-17-15-24(16-18-25)32-26(28)20-7-11-22(30-2)12-8-20/h7-8,11-12,15-18,21,23,26,28H,3-6,9-10,13-14,19H2,1-2H3. The van der Waals surface area contributed by atoms with Crippen molar-refractivity contribution in [3.63, 3.8) is 0 Å². The average Bonchev–Trinajstić information content (AvgIpc) is 2.85. The Morgan fingerprint density at radius 3 is 2.18 bits per heavy atom. The first-order chi connectivity index (χ1) is 16.1. The second-order valence-electron chi connectivity index (χ2n) is 8.54. The number of ether oxygens (including phenoxy) is 4. The Morgan fingerprint density at radius 1 is 0.909 bits per heavy atom. The molecule has 1 saturated carbocycles. The summed E-state index contributed by atoms with van der Waals surface area (Å²) in [6.45, 7) is 3.03. The Balaban J connectivity index is 1.40. The first-order valence-electron chi connectivity index (χ1n) is 12.0. The van der Waals surface area contributed by atoms with Gasteiger partial charge in [-0.1, -0.05) is 26.2 Å². The Hall–Kier alpha value is -2.57. The summed E-state index contributed by atoms with van der Waals surface area (Å²) in [6, 6.07) is 13.7. The van der Waals surface area contributed by atoms with Gasteiger partial charge in [-0.05, 0) is 80.6 Å². The summed E-state index contributed by atoms with van der Waals surface area (Å²) in [5.74, 6) is 1.39. The van der Waals surface area contributed by atoms with Gasteiger partial charge in [0.2, 0.25) is 6.29 Å². The molecule has 0 radical (unpaired) electrons. The van der Waals surface area contributed by atoms with Gasteiger partial charge in [-0.2, -0.15) is 0 Å². The van der Waals surface area contributed by atoms with E-state index >= 15 is 0 Å². The molecule has 180 valence electrons. The first-order valence-corrected chi connectivity index (χ1v) is 12.0. The maximum Gasteiger partial charge on any atom is 0.314 e. The van der Waals surface area contributed by atoms with E-state index < -0.39 is 6.29 Å². The molecule has 33 heavy (non-hydrogen) atoms. The molecule has 0 spiro atoms. The Labute approximate surface area is 196 Å². The highest BCUT2D eigenvalue weighted by Crippen LogP contribution is 2.29. The number of carbonyl (C=O) groups is 1. The van der Waals surface area contributed by atoms with Gasteiger partial charge in [0.25, 0.3) is 0 Å². The van der Waals surface area contributed by atoms with Crippen LogP contribution in [-0.4, -0.2) is 30.9 Å². The molecule has 1 unspecified atom stereocenters. The third kappa shape index (κ3) is 8.06. The summed E-state index contributed by atoms with van der Waals surface area (Å²) in [7, 11) is 1.59. The molecule has 2 aromatic carbocycles. The molecule has 3 rings (SSSR count). The molecule has 0 saturated heterocycles. The molecule has 1 aliphatic carbocycles. The van der Waals surface area contributed by atoms with E-state index in [1.165, 1.54) is 19.3 Å². The summed E-state index contributed by atoms with van der Waals surface area (Å²) in [6.07, 6.45) is 7.41. The second-order valence-corrected chi connectivity index (χ2v) is 8.54. The van der Waals surface area contributed by atoms with E-state index in [1.807, 2.05) is 0 Å². The predicted octanol–water partition coefficient (Wildman–Crippen LogP) is 5.83. The maximum absolute atomic E-state index is 12.6. The van der Waals surface area contributed by atoms with Gasteiger partial charge in [-0.15, -0.1) is 0 Å². The lowest BCUT2D eigenvalue weighted by Gasteiger charge is -2.27. The number of methoxy groups -OCH3 is 1. The van der Waals surface area contributed by atoms with Crippen molar-refractivity contribution in [3.05, 3.63) is 54.1 Å². The fourth-order valence-corrected chi connectivity index (χ4v) is 4.00. The number of benzene rings is 2. The summed E-state index contributed by atoms with van der Waals surface area (Å²) >= 11 is 0. The van der Waals surface area contributed by atoms with Crippen molar-refractivity contribution in [3.8, 4) is 17.2 Å². The van der Waals surface area contributed by atoms with Crippen molar-refractivity contribution < 1.29 is 28.8 Å². The topological polar surface area (TPSA) is 74.2 Å². The van der Waals surface area contributed by atoms with Crippen LogP contribution in [0.4, 0.5) is 0 Å². The summed E-state index contributed by atoms with van der Waals surface area (Å²) in [4.78, 5) is 12.6. The molecule has 6 heteroatoms. The minimum absolute atomic E-state index is 0.0854. The van der Waals surface area contributed by atoms with Crippen LogP contribution in [-0.2, 0) is 9.53 Å². The molecular weight excluding hydrogens is 420 g/mol. The van der Waals surface area contributed by atoms with Gasteiger partial charge in [-0.3, -0.25) is 4.79 Å². The quantitative estimate of drug-likeness (QED) is 0.188. The van der Waals surface area contributed by atoms with E-state index in [2.05, 4.69) is 6.92 Å². The SMILES string of the molecule is CCCCCCOC1CCC(C(=O)Oc2ccc(OC(O)c3ccc(OC)cc3)cc2)CC1.